The first-order valence-corrected chi connectivity index (χ1v) is 3.72. The maximum absolute atomic E-state index is 2.45. The van der Waals surface area contributed by atoms with Gasteiger partial charge in [0.05, 0.1) is 0 Å². The van der Waals surface area contributed by atoms with Crippen molar-refractivity contribution in [2.24, 2.45) is 17.3 Å². The molecule has 0 nitrogen and oxygen atoms in total. The summed E-state index contributed by atoms with van der Waals surface area (Å²) in [5.74, 6) is 2.19. The predicted octanol–water partition coefficient (Wildman–Crippen LogP) is 2.44. The molecule has 8 heavy (non-hydrogen) atoms. The van der Waals surface area contributed by atoms with Crippen molar-refractivity contribution in [1.29, 1.82) is 0 Å². The molecule has 2 rings (SSSR count). The summed E-state index contributed by atoms with van der Waals surface area (Å²) in [5.41, 5.74) is 0.833. The van der Waals surface area contributed by atoms with Gasteiger partial charge >= 0.3 is 0 Å². The van der Waals surface area contributed by atoms with Gasteiger partial charge in [0.25, 0.3) is 0 Å². The minimum absolute atomic E-state index is 0.833. The van der Waals surface area contributed by atoms with Crippen LogP contribution in [0.25, 0.3) is 0 Å². The Kier molecular flexibility index (Phi) is 0.678. The first-order valence-electron chi connectivity index (χ1n) is 3.72. The quantitative estimate of drug-likeness (QED) is 0.449. The van der Waals surface area contributed by atoms with Crippen molar-refractivity contribution in [3.8, 4) is 0 Å². The molecule has 46 valence electrons. The second-order valence-corrected chi connectivity index (χ2v) is 3.98. The Bertz CT molecular complexity index is 117. The van der Waals surface area contributed by atoms with Crippen LogP contribution in [0.5, 0.6) is 0 Å². The average molecular weight is 110 g/mol. The first-order chi connectivity index (χ1) is 3.72. The van der Waals surface area contributed by atoms with E-state index in [1.807, 2.05) is 0 Å². The van der Waals surface area contributed by atoms with Crippen molar-refractivity contribution < 1.29 is 0 Å². The molecule has 0 aromatic heterocycles. The lowest BCUT2D eigenvalue weighted by Gasteiger charge is -2.61. The molecule has 0 aromatic carbocycles. The smallest absolute Gasteiger partial charge is 0.0292 e. The van der Waals surface area contributed by atoms with Crippen molar-refractivity contribution in [2.45, 2.75) is 33.1 Å². The number of fused-ring (bicyclic) bond motifs is 1. The van der Waals surface area contributed by atoms with Gasteiger partial charge in [-0.15, -0.1) is 0 Å². The van der Waals surface area contributed by atoms with E-state index in [-0.39, 0.29) is 0 Å². The molecule has 3 unspecified atom stereocenters. The Balaban J connectivity index is 2.08. The van der Waals surface area contributed by atoms with Gasteiger partial charge in [-0.05, 0) is 36.5 Å². The normalized spacial score (nSPS) is 60.8. The Morgan fingerprint density at radius 3 is 2.25 bits per heavy atom. The molecule has 0 amide bonds. The summed E-state index contributed by atoms with van der Waals surface area (Å²) in [5, 5.41) is 0. The van der Waals surface area contributed by atoms with E-state index >= 15 is 0 Å². The van der Waals surface area contributed by atoms with Gasteiger partial charge < -0.3 is 0 Å². The Hall–Kier alpha value is 0. The van der Waals surface area contributed by atoms with Crippen molar-refractivity contribution in [3.05, 3.63) is 0 Å². The lowest BCUT2D eigenvalue weighted by molar-refractivity contribution is -0.111. The summed E-state index contributed by atoms with van der Waals surface area (Å²) < 4.78 is 0. The SMILES string of the molecule is CC1CC2(C)CCC12. The van der Waals surface area contributed by atoms with E-state index in [1.165, 1.54) is 19.3 Å². The molecule has 0 heterocycles. The lowest BCUT2D eigenvalue weighted by Crippen LogP contribution is -2.52. The molecule has 0 spiro atoms. The van der Waals surface area contributed by atoms with Crippen molar-refractivity contribution >= 4 is 0 Å². The largest absolute Gasteiger partial charge is 0.0622 e. The Morgan fingerprint density at radius 2 is 2.25 bits per heavy atom. The third-order valence-corrected chi connectivity index (χ3v) is 3.40. The molecule has 0 saturated heterocycles. The molecular formula is C8H14. The lowest BCUT2D eigenvalue weighted by atomic mass is 9.44. The zero-order chi connectivity index (χ0) is 5.78. The number of rotatable bonds is 0. The van der Waals surface area contributed by atoms with Gasteiger partial charge in [0.1, 0.15) is 0 Å². The second kappa shape index (κ2) is 1.12. The zero-order valence-corrected chi connectivity index (χ0v) is 5.78. The Morgan fingerprint density at radius 1 is 1.50 bits per heavy atom. The van der Waals surface area contributed by atoms with Crippen LogP contribution in [0.15, 0.2) is 0 Å². The highest BCUT2D eigenvalue weighted by atomic mass is 14.6. The monoisotopic (exact) mass is 110 g/mol. The van der Waals surface area contributed by atoms with E-state index in [1.54, 1.807) is 0 Å². The highest BCUT2D eigenvalue weighted by Gasteiger charge is 2.54. The maximum atomic E-state index is 2.45. The van der Waals surface area contributed by atoms with Crippen LogP contribution in [-0.2, 0) is 0 Å². The minimum atomic E-state index is 0.833. The highest BCUT2D eigenvalue weighted by Crippen LogP contribution is 2.63. The van der Waals surface area contributed by atoms with E-state index in [4.69, 9.17) is 0 Å². The fraction of sp³-hybridized carbons (Fsp3) is 1.00. The van der Waals surface area contributed by atoms with Crippen LogP contribution >= 0.6 is 0 Å². The summed E-state index contributed by atoms with van der Waals surface area (Å²) in [7, 11) is 0. The molecule has 2 saturated carbocycles. The topological polar surface area (TPSA) is 0 Å². The van der Waals surface area contributed by atoms with E-state index in [9.17, 15) is 0 Å². The van der Waals surface area contributed by atoms with Gasteiger partial charge in [0, 0.05) is 0 Å². The van der Waals surface area contributed by atoms with Crippen molar-refractivity contribution in [1.82, 2.24) is 0 Å². The summed E-state index contributed by atoms with van der Waals surface area (Å²) in [4.78, 5) is 0. The molecule has 0 radical (unpaired) electrons. The summed E-state index contributed by atoms with van der Waals surface area (Å²) in [6, 6.07) is 0. The van der Waals surface area contributed by atoms with Crippen LogP contribution < -0.4 is 0 Å². The number of hydrogen-bond acceptors (Lipinski definition) is 0. The molecule has 3 atom stereocenters. The second-order valence-electron chi connectivity index (χ2n) is 3.98. The molecule has 0 heteroatoms. The van der Waals surface area contributed by atoms with E-state index < -0.39 is 0 Å². The molecule has 0 N–H and O–H groups in total. The average Bonchev–Trinajstić information content (AvgIpc) is 1.64. The van der Waals surface area contributed by atoms with Gasteiger partial charge in [-0.3, -0.25) is 0 Å². The van der Waals surface area contributed by atoms with Gasteiger partial charge in [-0.2, -0.15) is 0 Å². The van der Waals surface area contributed by atoms with Gasteiger partial charge in [0.2, 0.25) is 0 Å². The number of hydrogen-bond donors (Lipinski definition) is 0. The maximum Gasteiger partial charge on any atom is -0.0292 e. The third-order valence-electron chi connectivity index (χ3n) is 3.40. The standard InChI is InChI=1S/C8H14/c1-6-5-8(2)4-3-7(6)8/h6-7H,3-5H2,1-2H3. The van der Waals surface area contributed by atoms with Gasteiger partial charge in [0.15, 0.2) is 0 Å². The Labute approximate surface area is 51.3 Å². The van der Waals surface area contributed by atoms with Crippen LogP contribution in [-0.4, -0.2) is 0 Å². The fourth-order valence-corrected chi connectivity index (χ4v) is 2.75. The molecule has 2 aliphatic carbocycles. The van der Waals surface area contributed by atoms with Crippen LogP contribution in [0.2, 0.25) is 0 Å². The van der Waals surface area contributed by atoms with Crippen LogP contribution in [0.3, 0.4) is 0 Å². The van der Waals surface area contributed by atoms with Gasteiger partial charge in [-0.1, -0.05) is 13.8 Å². The zero-order valence-electron chi connectivity index (χ0n) is 5.78. The van der Waals surface area contributed by atoms with E-state index in [0.717, 1.165) is 17.3 Å². The summed E-state index contributed by atoms with van der Waals surface area (Å²) in [6.07, 6.45) is 4.55. The molecule has 0 bridgehead atoms. The molecule has 2 aliphatic rings. The molecule has 0 aromatic rings. The first kappa shape index (κ1) is 4.84. The molecular weight excluding hydrogens is 96.1 g/mol. The minimum Gasteiger partial charge on any atom is -0.0622 e. The predicted molar refractivity (Wildman–Crippen MR) is 34.6 cm³/mol. The summed E-state index contributed by atoms with van der Waals surface area (Å²) in [6.45, 7) is 4.84. The summed E-state index contributed by atoms with van der Waals surface area (Å²) >= 11 is 0. The molecule has 0 aliphatic heterocycles. The van der Waals surface area contributed by atoms with Crippen LogP contribution in [0, 0.1) is 17.3 Å². The fourth-order valence-electron chi connectivity index (χ4n) is 2.75. The van der Waals surface area contributed by atoms with Gasteiger partial charge in [-0.25, -0.2) is 0 Å². The highest BCUT2D eigenvalue weighted by molar-refractivity contribution is 5.03. The third kappa shape index (κ3) is 0.340. The van der Waals surface area contributed by atoms with Crippen LogP contribution in [0.1, 0.15) is 33.1 Å². The molecule has 2 fully saturated rings. The van der Waals surface area contributed by atoms with Crippen LogP contribution in [0.4, 0.5) is 0 Å². The van der Waals surface area contributed by atoms with Crippen molar-refractivity contribution in [2.75, 3.05) is 0 Å². The van der Waals surface area contributed by atoms with Crippen molar-refractivity contribution in [3.63, 3.8) is 0 Å². The van der Waals surface area contributed by atoms with E-state index in [0.29, 0.717) is 0 Å². The van der Waals surface area contributed by atoms with E-state index in [2.05, 4.69) is 13.8 Å².